The van der Waals surface area contributed by atoms with Crippen LogP contribution in [0.15, 0.2) is 28.3 Å². The lowest BCUT2D eigenvalue weighted by Crippen LogP contribution is -2.12. The van der Waals surface area contributed by atoms with Gasteiger partial charge in [0.05, 0.1) is 0 Å². The Balaban J connectivity index is 1.94. The summed E-state index contributed by atoms with van der Waals surface area (Å²) < 4.78 is 2.18. The molecule has 3 N–H and O–H groups in total. The molecule has 0 amide bonds. The zero-order valence-electron chi connectivity index (χ0n) is 11.5. The second-order valence-electron chi connectivity index (χ2n) is 5.02. The highest BCUT2D eigenvalue weighted by Gasteiger charge is 2.17. The molecular weight excluding hydrogens is 306 g/mol. The van der Waals surface area contributed by atoms with Gasteiger partial charge in [-0.25, -0.2) is 0 Å². The summed E-state index contributed by atoms with van der Waals surface area (Å²) in [6.07, 6.45) is 4.53. The van der Waals surface area contributed by atoms with E-state index in [-0.39, 0.29) is 5.84 Å². The third-order valence-electron chi connectivity index (χ3n) is 3.51. The van der Waals surface area contributed by atoms with E-state index < -0.39 is 0 Å². The van der Waals surface area contributed by atoms with Gasteiger partial charge in [0.25, 0.3) is 0 Å². The minimum atomic E-state index is 0.00982. The fourth-order valence-corrected chi connectivity index (χ4v) is 3.61. The summed E-state index contributed by atoms with van der Waals surface area (Å²) in [6.45, 7) is 0.952. The van der Waals surface area contributed by atoms with Crippen LogP contribution < -0.4 is 5.73 Å². The molecule has 7 heteroatoms. The maximum atomic E-state index is 7.69. The molecular formula is C14H16ClN5S. The van der Waals surface area contributed by atoms with Gasteiger partial charge < -0.3 is 10.3 Å². The lowest BCUT2D eigenvalue weighted by molar-refractivity contribution is 0.591. The monoisotopic (exact) mass is 321 g/mol. The summed E-state index contributed by atoms with van der Waals surface area (Å²) in [5, 5.41) is 17.7. The first kappa shape index (κ1) is 14.4. The summed E-state index contributed by atoms with van der Waals surface area (Å²) in [7, 11) is 0. The number of hydrogen-bond acceptors (Lipinski definition) is 4. The number of nitrogens with two attached hydrogens (primary N) is 1. The van der Waals surface area contributed by atoms with Crippen molar-refractivity contribution in [3.63, 3.8) is 0 Å². The number of nitrogens with one attached hydrogen (secondary N) is 1. The van der Waals surface area contributed by atoms with Crippen molar-refractivity contribution in [2.24, 2.45) is 5.73 Å². The van der Waals surface area contributed by atoms with E-state index >= 15 is 0 Å². The van der Waals surface area contributed by atoms with Gasteiger partial charge in [-0.3, -0.25) is 5.41 Å². The van der Waals surface area contributed by atoms with Gasteiger partial charge in [0, 0.05) is 28.4 Å². The molecule has 1 aliphatic heterocycles. The number of hydrogen-bond donors (Lipinski definition) is 2. The molecule has 1 aliphatic rings. The Labute approximate surface area is 132 Å². The third kappa shape index (κ3) is 3.06. The number of nitrogen functional groups attached to an aromatic ring is 1. The maximum Gasteiger partial charge on any atom is 0.196 e. The van der Waals surface area contributed by atoms with E-state index in [1.807, 2.05) is 6.07 Å². The highest BCUT2D eigenvalue weighted by atomic mass is 35.5. The Hall–Kier alpha value is -1.53. The minimum Gasteiger partial charge on any atom is -0.384 e. The van der Waals surface area contributed by atoms with E-state index in [1.165, 1.54) is 24.6 Å². The summed E-state index contributed by atoms with van der Waals surface area (Å²) in [6, 6.07) is 5.39. The molecule has 1 aromatic carbocycles. The Bertz CT molecular complexity index is 682. The number of rotatable bonds is 3. The first-order chi connectivity index (χ1) is 10.1. The first-order valence-electron chi connectivity index (χ1n) is 6.89. The van der Waals surface area contributed by atoms with Crippen LogP contribution in [0.3, 0.4) is 0 Å². The summed E-state index contributed by atoms with van der Waals surface area (Å²) in [5.74, 6) is 1.06. The van der Waals surface area contributed by atoms with Crippen LogP contribution in [0.1, 0.15) is 30.7 Å². The molecule has 0 radical (unpaired) electrons. The fourth-order valence-electron chi connectivity index (χ4n) is 2.43. The highest BCUT2D eigenvalue weighted by molar-refractivity contribution is 7.99. The van der Waals surface area contributed by atoms with Crippen LogP contribution in [-0.2, 0) is 13.0 Å². The number of halogens is 1. The second kappa shape index (κ2) is 6.07. The van der Waals surface area contributed by atoms with Crippen molar-refractivity contribution in [3.05, 3.63) is 34.6 Å². The van der Waals surface area contributed by atoms with Crippen LogP contribution in [-0.4, -0.2) is 20.6 Å². The van der Waals surface area contributed by atoms with Gasteiger partial charge in [0.1, 0.15) is 11.7 Å². The van der Waals surface area contributed by atoms with Crippen LogP contribution in [0, 0.1) is 5.41 Å². The van der Waals surface area contributed by atoms with Crippen LogP contribution in [0.5, 0.6) is 0 Å². The predicted octanol–water partition coefficient (Wildman–Crippen LogP) is 3.09. The third-order valence-corrected chi connectivity index (χ3v) is 4.80. The van der Waals surface area contributed by atoms with Crippen molar-refractivity contribution < 1.29 is 0 Å². The zero-order valence-corrected chi connectivity index (χ0v) is 13.0. The molecule has 5 nitrogen and oxygen atoms in total. The lowest BCUT2D eigenvalue weighted by Gasteiger charge is -2.09. The van der Waals surface area contributed by atoms with Gasteiger partial charge in [0.15, 0.2) is 5.16 Å². The second-order valence-corrected chi connectivity index (χ2v) is 6.46. The zero-order chi connectivity index (χ0) is 14.8. The normalized spacial score (nSPS) is 14.5. The van der Waals surface area contributed by atoms with Crippen molar-refractivity contribution in [2.75, 3.05) is 0 Å². The summed E-state index contributed by atoms with van der Waals surface area (Å²) in [4.78, 5) is 0.881. The van der Waals surface area contributed by atoms with E-state index in [9.17, 15) is 0 Å². The van der Waals surface area contributed by atoms with E-state index in [0.29, 0.717) is 10.6 Å². The van der Waals surface area contributed by atoms with Crippen molar-refractivity contribution in [1.29, 1.82) is 5.41 Å². The Kier molecular flexibility index (Phi) is 4.17. The summed E-state index contributed by atoms with van der Waals surface area (Å²) in [5.41, 5.74) is 6.28. The molecule has 3 rings (SSSR count). The van der Waals surface area contributed by atoms with Gasteiger partial charge in [-0.2, -0.15) is 0 Å². The molecule has 0 spiro atoms. The highest BCUT2D eigenvalue weighted by Crippen LogP contribution is 2.32. The lowest BCUT2D eigenvalue weighted by atomic mass is 10.2. The van der Waals surface area contributed by atoms with Crippen molar-refractivity contribution >= 4 is 29.2 Å². The van der Waals surface area contributed by atoms with Crippen molar-refractivity contribution in [1.82, 2.24) is 14.8 Å². The quantitative estimate of drug-likeness (QED) is 0.672. The molecule has 1 aromatic heterocycles. The Morgan fingerprint density at radius 1 is 1.29 bits per heavy atom. The Morgan fingerprint density at radius 3 is 2.95 bits per heavy atom. The molecule has 0 fully saturated rings. The van der Waals surface area contributed by atoms with Gasteiger partial charge in [-0.1, -0.05) is 18.0 Å². The number of fused-ring (bicyclic) bond motifs is 1. The number of aryl methyl sites for hydroxylation is 1. The van der Waals surface area contributed by atoms with Crippen LogP contribution in [0.25, 0.3) is 0 Å². The smallest absolute Gasteiger partial charge is 0.196 e. The van der Waals surface area contributed by atoms with Gasteiger partial charge in [0.2, 0.25) is 0 Å². The standard InChI is InChI=1S/C14H16ClN5S/c15-9-5-6-11(10(8-9)13(16)17)21-14-19-18-12-4-2-1-3-7-20(12)14/h5-6,8H,1-4,7H2,(H3,16,17). The van der Waals surface area contributed by atoms with Crippen LogP contribution >= 0.6 is 23.4 Å². The molecule has 0 bridgehead atoms. The number of nitrogens with zero attached hydrogens (tertiary/aromatic N) is 3. The molecule has 2 heterocycles. The molecule has 110 valence electrons. The van der Waals surface area contributed by atoms with E-state index in [4.69, 9.17) is 22.7 Å². The average molecular weight is 322 g/mol. The molecule has 0 saturated heterocycles. The van der Waals surface area contributed by atoms with Gasteiger partial charge in [-0.05, 0) is 42.8 Å². The van der Waals surface area contributed by atoms with E-state index in [2.05, 4.69) is 14.8 Å². The first-order valence-corrected chi connectivity index (χ1v) is 8.08. The largest absolute Gasteiger partial charge is 0.384 e. The average Bonchev–Trinajstić information content (AvgIpc) is 2.69. The van der Waals surface area contributed by atoms with Crippen LogP contribution in [0.4, 0.5) is 0 Å². The van der Waals surface area contributed by atoms with Gasteiger partial charge >= 0.3 is 0 Å². The SMILES string of the molecule is N=C(N)c1cc(Cl)ccc1Sc1nnc2n1CCCCC2. The Morgan fingerprint density at radius 2 is 2.14 bits per heavy atom. The van der Waals surface area contributed by atoms with Crippen molar-refractivity contribution in [2.45, 2.75) is 42.3 Å². The fraction of sp³-hybridized carbons (Fsp3) is 0.357. The summed E-state index contributed by atoms with van der Waals surface area (Å²) >= 11 is 7.48. The molecule has 0 unspecified atom stereocenters. The molecule has 21 heavy (non-hydrogen) atoms. The number of benzene rings is 1. The topological polar surface area (TPSA) is 80.6 Å². The number of aromatic nitrogens is 3. The van der Waals surface area contributed by atoms with Crippen LogP contribution in [0.2, 0.25) is 5.02 Å². The molecule has 0 saturated carbocycles. The minimum absolute atomic E-state index is 0.00982. The predicted molar refractivity (Wildman–Crippen MR) is 84.2 cm³/mol. The molecule has 0 aliphatic carbocycles. The molecule has 0 atom stereocenters. The number of amidine groups is 1. The van der Waals surface area contributed by atoms with E-state index in [1.54, 1.807) is 12.1 Å². The van der Waals surface area contributed by atoms with E-state index in [0.717, 1.165) is 35.3 Å². The maximum absolute atomic E-state index is 7.69. The molecule has 2 aromatic rings. The van der Waals surface area contributed by atoms with Gasteiger partial charge in [-0.15, -0.1) is 10.2 Å². The van der Waals surface area contributed by atoms with Crippen molar-refractivity contribution in [3.8, 4) is 0 Å².